The van der Waals surface area contributed by atoms with Crippen LogP contribution in [0.2, 0.25) is 0 Å². The number of nitrogens with zero attached hydrogens (tertiary/aromatic N) is 1. The Kier molecular flexibility index (Phi) is 4.63. The van der Waals surface area contributed by atoms with Crippen molar-refractivity contribution in [2.75, 3.05) is 39.4 Å². The van der Waals surface area contributed by atoms with Gasteiger partial charge in [-0.05, 0) is 24.8 Å². The van der Waals surface area contributed by atoms with Gasteiger partial charge in [-0.3, -0.25) is 4.90 Å². The van der Waals surface area contributed by atoms with Gasteiger partial charge in [-0.25, -0.2) is 0 Å². The van der Waals surface area contributed by atoms with Crippen molar-refractivity contribution in [3.63, 3.8) is 0 Å². The van der Waals surface area contributed by atoms with Crippen LogP contribution < -0.4 is 5.32 Å². The van der Waals surface area contributed by atoms with Gasteiger partial charge in [-0.15, -0.1) is 0 Å². The molecule has 2 fully saturated rings. The van der Waals surface area contributed by atoms with Gasteiger partial charge < -0.3 is 20.3 Å². The lowest BCUT2D eigenvalue weighted by Gasteiger charge is -2.41. The molecule has 2 aliphatic rings. The van der Waals surface area contributed by atoms with E-state index in [-0.39, 0.29) is 17.5 Å². The molecule has 1 atom stereocenters. The average molecular weight is 292 g/mol. The lowest BCUT2D eigenvalue weighted by atomic mass is 9.85. The van der Waals surface area contributed by atoms with E-state index in [4.69, 9.17) is 4.74 Å². The molecule has 2 aliphatic heterocycles. The molecule has 3 N–H and O–H groups in total. The number of aromatic hydroxyl groups is 2. The van der Waals surface area contributed by atoms with Crippen LogP contribution in [0.15, 0.2) is 18.2 Å². The van der Waals surface area contributed by atoms with Crippen molar-refractivity contribution in [2.24, 2.45) is 5.92 Å². The van der Waals surface area contributed by atoms with E-state index < -0.39 is 0 Å². The molecule has 1 aromatic rings. The van der Waals surface area contributed by atoms with Crippen LogP contribution in [-0.4, -0.2) is 54.5 Å². The zero-order chi connectivity index (χ0) is 14.7. The SMILES string of the molecule is Oc1ccc([C@@H](C2CCOCC2)N2CCNCC2)c(O)c1. The third-order valence-corrected chi connectivity index (χ3v) is 4.59. The summed E-state index contributed by atoms with van der Waals surface area (Å²) in [4.78, 5) is 2.46. The van der Waals surface area contributed by atoms with Crippen LogP contribution >= 0.6 is 0 Å². The van der Waals surface area contributed by atoms with E-state index in [1.54, 1.807) is 6.07 Å². The smallest absolute Gasteiger partial charge is 0.124 e. The third kappa shape index (κ3) is 3.31. The summed E-state index contributed by atoms with van der Waals surface area (Å²) in [6, 6.07) is 5.19. The van der Waals surface area contributed by atoms with Gasteiger partial charge in [-0.1, -0.05) is 6.07 Å². The summed E-state index contributed by atoms with van der Waals surface area (Å²) >= 11 is 0. The Morgan fingerprint density at radius 1 is 1.14 bits per heavy atom. The molecule has 0 aromatic heterocycles. The predicted octanol–water partition coefficient (Wildman–Crippen LogP) is 1.47. The number of ether oxygens (including phenoxy) is 1. The highest BCUT2D eigenvalue weighted by molar-refractivity contribution is 5.41. The van der Waals surface area contributed by atoms with Crippen molar-refractivity contribution in [3.05, 3.63) is 23.8 Å². The maximum absolute atomic E-state index is 10.3. The highest BCUT2D eigenvalue weighted by atomic mass is 16.5. The Balaban J connectivity index is 1.89. The molecule has 1 aromatic carbocycles. The quantitative estimate of drug-likeness (QED) is 0.787. The second kappa shape index (κ2) is 6.64. The normalized spacial score (nSPS) is 23.0. The molecule has 5 heteroatoms. The summed E-state index contributed by atoms with van der Waals surface area (Å²) in [6.07, 6.45) is 2.05. The van der Waals surface area contributed by atoms with Gasteiger partial charge in [-0.2, -0.15) is 0 Å². The monoisotopic (exact) mass is 292 g/mol. The summed E-state index contributed by atoms with van der Waals surface area (Å²) < 4.78 is 5.49. The highest BCUT2D eigenvalue weighted by Gasteiger charge is 2.32. The van der Waals surface area contributed by atoms with Gasteiger partial charge in [0.2, 0.25) is 0 Å². The van der Waals surface area contributed by atoms with E-state index in [1.165, 1.54) is 6.07 Å². The zero-order valence-corrected chi connectivity index (χ0v) is 12.3. The van der Waals surface area contributed by atoms with Gasteiger partial charge >= 0.3 is 0 Å². The van der Waals surface area contributed by atoms with E-state index in [9.17, 15) is 10.2 Å². The van der Waals surface area contributed by atoms with Crippen molar-refractivity contribution in [1.29, 1.82) is 0 Å². The number of rotatable bonds is 3. The van der Waals surface area contributed by atoms with Gasteiger partial charge in [0.05, 0.1) is 0 Å². The molecular formula is C16H24N2O3. The maximum atomic E-state index is 10.3. The fourth-order valence-electron chi connectivity index (χ4n) is 3.52. The molecule has 0 spiro atoms. The predicted molar refractivity (Wildman–Crippen MR) is 80.5 cm³/mol. The van der Waals surface area contributed by atoms with Gasteiger partial charge in [0.1, 0.15) is 11.5 Å². The first-order chi connectivity index (χ1) is 10.3. The molecule has 0 unspecified atom stereocenters. The summed E-state index contributed by atoms with van der Waals surface area (Å²) in [5, 5.41) is 23.2. The largest absolute Gasteiger partial charge is 0.508 e. The maximum Gasteiger partial charge on any atom is 0.124 e. The van der Waals surface area contributed by atoms with Crippen molar-refractivity contribution in [1.82, 2.24) is 10.2 Å². The molecule has 2 saturated heterocycles. The van der Waals surface area contributed by atoms with E-state index in [0.717, 1.165) is 57.8 Å². The standard InChI is InChI=1S/C16H24N2O3/c19-13-1-2-14(15(20)11-13)16(12-3-9-21-10-4-12)18-7-5-17-6-8-18/h1-2,11-12,16-17,19-20H,3-10H2/t16-/m1/s1. The Labute approximate surface area is 125 Å². The molecule has 0 saturated carbocycles. The van der Waals surface area contributed by atoms with E-state index in [1.807, 2.05) is 6.07 Å². The van der Waals surface area contributed by atoms with Crippen LogP contribution in [-0.2, 0) is 4.74 Å². The van der Waals surface area contributed by atoms with Crippen LogP contribution in [0.3, 0.4) is 0 Å². The first-order valence-electron chi connectivity index (χ1n) is 7.80. The number of hydrogen-bond donors (Lipinski definition) is 3. The Bertz CT molecular complexity index is 451. The zero-order valence-electron chi connectivity index (χ0n) is 12.3. The summed E-state index contributed by atoms with van der Waals surface area (Å²) in [5.41, 5.74) is 0.932. The number of hydrogen-bond acceptors (Lipinski definition) is 5. The molecule has 0 aliphatic carbocycles. The first kappa shape index (κ1) is 14.6. The fourth-order valence-corrected chi connectivity index (χ4v) is 3.52. The Morgan fingerprint density at radius 3 is 2.52 bits per heavy atom. The van der Waals surface area contributed by atoms with Gasteiger partial charge in [0.15, 0.2) is 0 Å². The van der Waals surface area contributed by atoms with Crippen LogP contribution in [0.1, 0.15) is 24.4 Å². The molecule has 0 radical (unpaired) electrons. The average Bonchev–Trinajstić information content (AvgIpc) is 2.52. The first-order valence-corrected chi connectivity index (χ1v) is 7.80. The van der Waals surface area contributed by atoms with Gasteiger partial charge in [0.25, 0.3) is 0 Å². The fraction of sp³-hybridized carbons (Fsp3) is 0.625. The molecule has 5 nitrogen and oxygen atoms in total. The number of piperazine rings is 1. The molecule has 0 amide bonds. The van der Waals surface area contributed by atoms with Crippen LogP contribution in [0.5, 0.6) is 11.5 Å². The topological polar surface area (TPSA) is 65.0 Å². The lowest BCUT2D eigenvalue weighted by Crippen LogP contribution is -2.47. The number of phenols is 2. The van der Waals surface area contributed by atoms with E-state index >= 15 is 0 Å². The number of benzene rings is 1. The Morgan fingerprint density at radius 2 is 1.86 bits per heavy atom. The Hall–Kier alpha value is -1.30. The molecule has 2 heterocycles. The summed E-state index contributed by atoms with van der Waals surface area (Å²) in [6.45, 7) is 5.54. The van der Waals surface area contributed by atoms with Crippen LogP contribution in [0, 0.1) is 5.92 Å². The third-order valence-electron chi connectivity index (χ3n) is 4.59. The van der Waals surface area contributed by atoms with Crippen molar-refractivity contribution < 1.29 is 14.9 Å². The molecule has 3 rings (SSSR count). The highest BCUT2D eigenvalue weighted by Crippen LogP contribution is 2.40. The number of phenolic OH excluding ortho intramolecular Hbond substituents is 2. The van der Waals surface area contributed by atoms with Crippen LogP contribution in [0.25, 0.3) is 0 Å². The van der Waals surface area contributed by atoms with Crippen molar-refractivity contribution in [3.8, 4) is 11.5 Å². The van der Waals surface area contributed by atoms with E-state index in [2.05, 4.69) is 10.2 Å². The van der Waals surface area contributed by atoms with Crippen molar-refractivity contribution >= 4 is 0 Å². The lowest BCUT2D eigenvalue weighted by molar-refractivity contribution is 0.0206. The van der Waals surface area contributed by atoms with Crippen LogP contribution in [0.4, 0.5) is 0 Å². The second-order valence-electron chi connectivity index (χ2n) is 5.92. The molecule has 21 heavy (non-hydrogen) atoms. The minimum absolute atomic E-state index is 0.113. The number of nitrogens with one attached hydrogen (secondary N) is 1. The summed E-state index contributed by atoms with van der Waals surface area (Å²) in [5.74, 6) is 0.805. The minimum Gasteiger partial charge on any atom is -0.508 e. The van der Waals surface area contributed by atoms with Crippen molar-refractivity contribution in [2.45, 2.75) is 18.9 Å². The molecular weight excluding hydrogens is 268 g/mol. The second-order valence-corrected chi connectivity index (χ2v) is 5.92. The van der Waals surface area contributed by atoms with Gasteiger partial charge in [0, 0.05) is 57.1 Å². The van der Waals surface area contributed by atoms with E-state index in [0.29, 0.717) is 5.92 Å². The summed E-state index contributed by atoms with van der Waals surface area (Å²) in [7, 11) is 0. The molecule has 116 valence electrons. The molecule has 0 bridgehead atoms. The minimum atomic E-state index is 0.113.